The summed E-state index contributed by atoms with van der Waals surface area (Å²) >= 11 is 6.33. The van der Waals surface area contributed by atoms with Gasteiger partial charge < -0.3 is 20.3 Å². The van der Waals surface area contributed by atoms with Crippen LogP contribution in [0.3, 0.4) is 0 Å². The summed E-state index contributed by atoms with van der Waals surface area (Å²) in [5.41, 5.74) is 5.24. The van der Waals surface area contributed by atoms with Crippen LogP contribution in [0.5, 0.6) is 5.75 Å². The average Bonchev–Trinajstić information content (AvgIpc) is 3.21. The van der Waals surface area contributed by atoms with Gasteiger partial charge in [-0.15, -0.1) is 0 Å². The number of nitrogens with one attached hydrogen (secondary N) is 2. The molecular formula is C25H24ClN3O. The number of aromatic nitrogens is 1. The molecule has 4 nitrogen and oxygen atoms in total. The van der Waals surface area contributed by atoms with Crippen LogP contribution in [0.25, 0.3) is 10.9 Å². The lowest BCUT2D eigenvalue weighted by atomic mass is 9.87. The smallest absolute Gasteiger partial charge is 0.119 e. The summed E-state index contributed by atoms with van der Waals surface area (Å²) < 4.78 is 0. The fourth-order valence-corrected chi connectivity index (χ4v) is 4.54. The number of fused-ring (bicyclic) bond motifs is 1. The van der Waals surface area contributed by atoms with Crippen molar-refractivity contribution >= 4 is 28.2 Å². The van der Waals surface area contributed by atoms with Crippen molar-refractivity contribution in [2.45, 2.75) is 5.92 Å². The van der Waals surface area contributed by atoms with Gasteiger partial charge in [-0.3, -0.25) is 0 Å². The van der Waals surface area contributed by atoms with Crippen molar-refractivity contribution in [3.63, 3.8) is 0 Å². The zero-order chi connectivity index (χ0) is 20.5. The Balaban J connectivity index is 1.65. The van der Waals surface area contributed by atoms with Gasteiger partial charge in [-0.1, -0.05) is 41.9 Å². The molecule has 1 atom stereocenters. The highest BCUT2D eigenvalue weighted by atomic mass is 35.5. The minimum absolute atomic E-state index is 0.154. The number of rotatable bonds is 4. The molecule has 4 aromatic rings. The lowest BCUT2D eigenvalue weighted by molar-refractivity contribution is 0.467. The first kappa shape index (κ1) is 19.0. The first-order chi connectivity index (χ1) is 14.7. The molecule has 0 aliphatic carbocycles. The number of phenols is 1. The van der Waals surface area contributed by atoms with Crippen LogP contribution in [0.2, 0.25) is 5.02 Å². The summed E-state index contributed by atoms with van der Waals surface area (Å²) in [6.45, 7) is 3.96. The van der Waals surface area contributed by atoms with E-state index in [4.69, 9.17) is 11.6 Å². The standard InChI is InChI=1S/C25H24ClN3O/c26-19-8-9-24(30)21(16-19)25(23-15-17-4-1-2-7-22(17)28-23)18-5-3-6-20(14-18)29-12-10-27-11-13-29/h1-9,14-16,25,27-28,30H,10-13H2/t25-/m1/s1. The highest BCUT2D eigenvalue weighted by Gasteiger charge is 2.23. The maximum absolute atomic E-state index is 10.7. The minimum atomic E-state index is -0.154. The second-order valence-corrected chi connectivity index (χ2v) is 8.22. The van der Waals surface area contributed by atoms with Crippen molar-refractivity contribution in [2.24, 2.45) is 0 Å². The van der Waals surface area contributed by atoms with E-state index >= 15 is 0 Å². The van der Waals surface area contributed by atoms with E-state index in [9.17, 15) is 5.11 Å². The van der Waals surface area contributed by atoms with Crippen LogP contribution in [0, 0.1) is 0 Å². The molecule has 2 heterocycles. The van der Waals surface area contributed by atoms with Gasteiger partial charge in [0.05, 0.1) is 5.92 Å². The fraction of sp³-hybridized carbons (Fsp3) is 0.200. The first-order valence-corrected chi connectivity index (χ1v) is 10.7. The molecule has 0 unspecified atom stereocenters. The first-order valence-electron chi connectivity index (χ1n) is 10.3. The van der Waals surface area contributed by atoms with Gasteiger partial charge in [0, 0.05) is 53.7 Å². The molecule has 0 bridgehead atoms. The van der Waals surface area contributed by atoms with E-state index in [0.29, 0.717) is 5.02 Å². The number of H-pyrrole nitrogens is 1. The van der Waals surface area contributed by atoms with Gasteiger partial charge in [0.15, 0.2) is 0 Å². The number of piperazine rings is 1. The predicted octanol–water partition coefficient (Wildman–Crippen LogP) is 5.12. The molecule has 3 aromatic carbocycles. The minimum Gasteiger partial charge on any atom is -0.508 e. The van der Waals surface area contributed by atoms with Crippen LogP contribution in [0.1, 0.15) is 22.7 Å². The van der Waals surface area contributed by atoms with Crippen LogP contribution in [0.15, 0.2) is 72.8 Å². The van der Waals surface area contributed by atoms with Gasteiger partial charge in [-0.25, -0.2) is 0 Å². The number of anilines is 1. The highest BCUT2D eigenvalue weighted by molar-refractivity contribution is 6.30. The SMILES string of the molecule is Oc1ccc(Cl)cc1[C@@H](c1cccc(N2CCNCC2)c1)c1cc2ccccc2[nH]1. The van der Waals surface area contributed by atoms with Crippen molar-refractivity contribution in [1.29, 1.82) is 0 Å². The molecule has 0 spiro atoms. The van der Waals surface area contributed by atoms with Gasteiger partial charge in [-0.05, 0) is 53.4 Å². The average molecular weight is 418 g/mol. The lowest BCUT2D eigenvalue weighted by Crippen LogP contribution is -2.43. The van der Waals surface area contributed by atoms with Crippen molar-refractivity contribution in [1.82, 2.24) is 10.3 Å². The number of aromatic amines is 1. The van der Waals surface area contributed by atoms with Gasteiger partial charge in [-0.2, -0.15) is 0 Å². The fourth-order valence-electron chi connectivity index (χ4n) is 4.36. The number of hydrogen-bond acceptors (Lipinski definition) is 3. The van der Waals surface area contributed by atoms with Crippen molar-refractivity contribution < 1.29 is 5.11 Å². The van der Waals surface area contributed by atoms with E-state index in [1.807, 2.05) is 18.2 Å². The Bertz CT molecular complexity index is 1150. The van der Waals surface area contributed by atoms with E-state index in [2.05, 4.69) is 57.7 Å². The van der Waals surface area contributed by atoms with Gasteiger partial charge in [0.2, 0.25) is 0 Å². The van der Waals surface area contributed by atoms with Crippen molar-refractivity contribution in [2.75, 3.05) is 31.1 Å². The zero-order valence-corrected chi connectivity index (χ0v) is 17.4. The maximum Gasteiger partial charge on any atom is 0.119 e. The predicted molar refractivity (Wildman–Crippen MR) is 124 cm³/mol. The number of para-hydroxylation sites is 1. The van der Waals surface area contributed by atoms with E-state index < -0.39 is 0 Å². The Morgan fingerprint density at radius 1 is 0.900 bits per heavy atom. The Morgan fingerprint density at radius 3 is 2.57 bits per heavy atom. The number of phenolic OH excluding ortho intramolecular Hbond substituents is 1. The van der Waals surface area contributed by atoms with E-state index in [0.717, 1.165) is 53.9 Å². The molecule has 5 rings (SSSR count). The van der Waals surface area contributed by atoms with Crippen LogP contribution in [-0.4, -0.2) is 36.3 Å². The molecular weight excluding hydrogens is 394 g/mol. The molecule has 5 heteroatoms. The quantitative estimate of drug-likeness (QED) is 0.432. The number of halogens is 1. The summed E-state index contributed by atoms with van der Waals surface area (Å²) in [5.74, 6) is 0.0922. The molecule has 0 saturated carbocycles. The zero-order valence-electron chi connectivity index (χ0n) is 16.6. The van der Waals surface area contributed by atoms with E-state index in [1.54, 1.807) is 12.1 Å². The van der Waals surface area contributed by atoms with Crippen LogP contribution >= 0.6 is 11.6 Å². The second kappa shape index (κ2) is 8.05. The molecule has 30 heavy (non-hydrogen) atoms. The Kier molecular flexibility index (Phi) is 5.11. The van der Waals surface area contributed by atoms with Crippen LogP contribution in [-0.2, 0) is 0 Å². The molecule has 1 aromatic heterocycles. The summed E-state index contributed by atoms with van der Waals surface area (Å²) in [7, 11) is 0. The van der Waals surface area contributed by atoms with Gasteiger partial charge >= 0.3 is 0 Å². The van der Waals surface area contributed by atoms with E-state index in [-0.39, 0.29) is 11.7 Å². The van der Waals surface area contributed by atoms with Crippen LogP contribution in [0.4, 0.5) is 5.69 Å². The van der Waals surface area contributed by atoms with Gasteiger partial charge in [0.25, 0.3) is 0 Å². The third-order valence-electron chi connectivity index (χ3n) is 5.85. The molecule has 1 fully saturated rings. The molecule has 1 aliphatic rings. The summed E-state index contributed by atoms with van der Waals surface area (Å²) in [5, 5.41) is 15.9. The monoisotopic (exact) mass is 417 g/mol. The summed E-state index contributed by atoms with van der Waals surface area (Å²) in [6.07, 6.45) is 0. The largest absolute Gasteiger partial charge is 0.508 e. The summed E-state index contributed by atoms with van der Waals surface area (Å²) in [6, 6.07) is 24.3. The highest BCUT2D eigenvalue weighted by Crippen LogP contribution is 2.39. The molecule has 3 N–H and O–H groups in total. The van der Waals surface area contributed by atoms with Gasteiger partial charge in [0.1, 0.15) is 5.75 Å². The number of benzene rings is 3. The number of aromatic hydroxyl groups is 1. The van der Waals surface area contributed by atoms with E-state index in [1.165, 1.54) is 5.69 Å². The third-order valence-corrected chi connectivity index (χ3v) is 6.08. The molecule has 0 radical (unpaired) electrons. The molecule has 1 saturated heterocycles. The normalized spacial score (nSPS) is 15.4. The van der Waals surface area contributed by atoms with Crippen LogP contribution < -0.4 is 10.2 Å². The second-order valence-electron chi connectivity index (χ2n) is 7.78. The number of nitrogens with zero attached hydrogens (tertiary/aromatic N) is 1. The number of hydrogen-bond donors (Lipinski definition) is 3. The summed E-state index contributed by atoms with van der Waals surface area (Å²) in [4.78, 5) is 5.96. The van der Waals surface area contributed by atoms with Crippen molar-refractivity contribution in [3.8, 4) is 5.75 Å². The Morgan fingerprint density at radius 2 is 1.73 bits per heavy atom. The third kappa shape index (κ3) is 3.64. The maximum atomic E-state index is 10.7. The lowest BCUT2D eigenvalue weighted by Gasteiger charge is -2.30. The topological polar surface area (TPSA) is 51.3 Å². The molecule has 0 amide bonds. The molecule has 152 valence electrons. The Labute approximate surface area is 181 Å². The van der Waals surface area contributed by atoms with Crippen molar-refractivity contribution in [3.05, 3.63) is 94.6 Å². The molecule has 1 aliphatic heterocycles. The Hall–Kier alpha value is -2.95.